The van der Waals surface area contributed by atoms with Crippen LogP contribution in [0.5, 0.6) is 0 Å². The van der Waals surface area contributed by atoms with Gasteiger partial charge >= 0.3 is 0 Å². The number of aromatic nitrogens is 2. The fraction of sp³-hybridized carbons (Fsp3) is 0.636. The molecule has 2 rings (SSSR count). The summed E-state index contributed by atoms with van der Waals surface area (Å²) < 4.78 is 1.52. The highest BCUT2D eigenvalue weighted by Crippen LogP contribution is 2.28. The van der Waals surface area contributed by atoms with Gasteiger partial charge in [-0.25, -0.2) is 0 Å². The van der Waals surface area contributed by atoms with Gasteiger partial charge < -0.3 is 11.1 Å². The number of nitrogens with one attached hydrogen (secondary N) is 1. The summed E-state index contributed by atoms with van der Waals surface area (Å²) in [5, 5.41) is 7.56. The van der Waals surface area contributed by atoms with E-state index < -0.39 is 0 Å². The first kappa shape index (κ1) is 12.3. The van der Waals surface area contributed by atoms with Crippen LogP contribution in [0.3, 0.4) is 0 Å². The summed E-state index contributed by atoms with van der Waals surface area (Å²) in [5.74, 6) is -0.117. The van der Waals surface area contributed by atoms with Crippen molar-refractivity contribution in [2.75, 3.05) is 12.0 Å². The molecule has 0 spiro atoms. The van der Waals surface area contributed by atoms with Gasteiger partial charge in [-0.1, -0.05) is 6.42 Å². The molecule has 1 aromatic rings. The van der Waals surface area contributed by atoms with Crippen molar-refractivity contribution in [1.82, 2.24) is 15.1 Å². The van der Waals surface area contributed by atoms with Crippen LogP contribution in [0.15, 0.2) is 6.20 Å². The lowest BCUT2D eigenvalue weighted by molar-refractivity contribution is 0.0930. The monoisotopic (exact) mass is 254 g/mol. The number of aryl methyl sites for hydroxylation is 1. The van der Waals surface area contributed by atoms with E-state index in [-0.39, 0.29) is 11.9 Å². The van der Waals surface area contributed by atoms with Gasteiger partial charge in [-0.05, 0) is 19.1 Å². The van der Waals surface area contributed by atoms with Crippen molar-refractivity contribution in [3.63, 3.8) is 0 Å². The summed E-state index contributed by atoms with van der Waals surface area (Å²) in [4.78, 5) is 12.1. The van der Waals surface area contributed by atoms with Gasteiger partial charge in [0.2, 0.25) is 0 Å². The van der Waals surface area contributed by atoms with Gasteiger partial charge in [0.05, 0.1) is 11.9 Å². The molecule has 6 heteroatoms. The Bertz CT molecular complexity index is 398. The molecular formula is C11H18N4OS. The van der Waals surface area contributed by atoms with Gasteiger partial charge in [0.15, 0.2) is 0 Å². The van der Waals surface area contributed by atoms with Crippen LogP contribution in [0.1, 0.15) is 29.8 Å². The zero-order chi connectivity index (χ0) is 12.4. The van der Waals surface area contributed by atoms with E-state index in [1.165, 1.54) is 23.7 Å². The van der Waals surface area contributed by atoms with E-state index in [1.807, 2.05) is 11.8 Å². The highest BCUT2D eigenvalue weighted by Gasteiger charge is 2.29. The lowest BCUT2D eigenvalue weighted by atomic mass is 10.2. The minimum atomic E-state index is -0.117. The molecule has 0 bridgehead atoms. The Labute approximate surface area is 105 Å². The Balaban J connectivity index is 2.07. The molecule has 1 fully saturated rings. The van der Waals surface area contributed by atoms with Crippen molar-refractivity contribution in [3.05, 3.63) is 11.9 Å². The Morgan fingerprint density at radius 3 is 3.00 bits per heavy atom. The lowest BCUT2D eigenvalue weighted by Crippen LogP contribution is -2.39. The number of nitrogens with two attached hydrogens (primary N) is 1. The van der Waals surface area contributed by atoms with Gasteiger partial charge in [-0.15, -0.1) is 0 Å². The minimum absolute atomic E-state index is 0.117. The predicted molar refractivity (Wildman–Crippen MR) is 70.0 cm³/mol. The van der Waals surface area contributed by atoms with Gasteiger partial charge in [0.25, 0.3) is 5.91 Å². The van der Waals surface area contributed by atoms with Crippen molar-refractivity contribution in [1.29, 1.82) is 0 Å². The standard InChI is InChI=1S/C11H18N4OS/c1-15-10(7(12)6-13-15)11(16)14-8-4-3-5-9(8)17-2/h6,8-9H,3-5,12H2,1-2H3,(H,14,16). The van der Waals surface area contributed by atoms with Gasteiger partial charge in [0, 0.05) is 18.3 Å². The number of thioether (sulfide) groups is 1. The number of hydrogen-bond acceptors (Lipinski definition) is 4. The first-order chi connectivity index (χ1) is 8.13. The SMILES string of the molecule is CSC1CCCC1NC(=O)c1c(N)cnn1C. The molecule has 3 N–H and O–H groups in total. The van der Waals surface area contributed by atoms with Crippen LogP contribution >= 0.6 is 11.8 Å². The second kappa shape index (κ2) is 5.00. The lowest BCUT2D eigenvalue weighted by Gasteiger charge is -2.19. The zero-order valence-electron chi connectivity index (χ0n) is 10.1. The first-order valence-corrected chi connectivity index (χ1v) is 7.03. The smallest absolute Gasteiger partial charge is 0.271 e. The van der Waals surface area contributed by atoms with Crippen LogP contribution < -0.4 is 11.1 Å². The van der Waals surface area contributed by atoms with Gasteiger partial charge in [-0.2, -0.15) is 16.9 Å². The average molecular weight is 254 g/mol. The molecule has 94 valence electrons. The number of nitrogens with zero attached hydrogens (tertiary/aromatic N) is 2. The second-order valence-corrected chi connectivity index (χ2v) is 5.43. The third-order valence-electron chi connectivity index (χ3n) is 3.25. The maximum Gasteiger partial charge on any atom is 0.271 e. The largest absolute Gasteiger partial charge is 0.396 e. The zero-order valence-corrected chi connectivity index (χ0v) is 11.0. The second-order valence-electron chi connectivity index (χ2n) is 4.36. The number of nitrogen functional groups attached to an aromatic ring is 1. The normalized spacial score (nSPS) is 23.9. The molecule has 0 aliphatic heterocycles. The average Bonchev–Trinajstić information content (AvgIpc) is 2.85. The molecule has 1 heterocycles. The molecule has 0 aromatic carbocycles. The summed E-state index contributed by atoms with van der Waals surface area (Å²) in [5.41, 5.74) is 6.62. The molecule has 1 amide bonds. The third kappa shape index (κ3) is 2.41. The van der Waals surface area contributed by atoms with E-state index in [9.17, 15) is 4.79 Å². The highest BCUT2D eigenvalue weighted by molar-refractivity contribution is 7.99. The molecule has 1 aliphatic rings. The topological polar surface area (TPSA) is 72.9 Å². The molecule has 1 aromatic heterocycles. The maximum absolute atomic E-state index is 12.1. The molecule has 17 heavy (non-hydrogen) atoms. The molecule has 1 aliphatic carbocycles. The molecule has 2 atom stereocenters. The van der Waals surface area contributed by atoms with Crippen molar-refractivity contribution < 1.29 is 4.79 Å². The highest BCUT2D eigenvalue weighted by atomic mass is 32.2. The summed E-state index contributed by atoms with van der Waals surface area (Å²) in [6.07, 6.45) is 7.00. The van der Waals surface area contributed by atoms with Crippen molar-refractivity contribution >= 4 is 23.4 Å². The Hall–Kier alpha value is -1.17. The van der Waals surface area contributed by atoms with Crippen molar-refractivity contribution in [2.45, 2.75) is 30.6 Å². The quantitative estimate of drug-likeness (QED) is 0.844. The predicted octanol–water partition coefficient (Wildman–Crippen LogP) is 1.02. The molecule has 0 radical (unpaired) electrons. The molecule has 5 nitrogen and oxygen atoms in total. The summed E-state index contributed by atoms with van der Waals surface area (Å²) in [6, 6.07) is 0.256. The van der Waals surface area contributed by atoms with Crippen LogP contribution in [0, 0.1) is 0 Å². The number of amides is 1. The number of anilines is 1. The number of carbonyl (C=O) groups excluding carboxylic acids is 1. The Morgan fingerprint density at radius 1 is 1.65 bits per heavy atom. The van der Waals surface area contributed by atoms with E-state index in [0.29, 0.717) is 16.6 Å². The van der Waals surface area contributed by atoms with Crippen LogP contribution in [0.25, 0.3) is 0 Å². The van der Waals surface area contributed by atoms with Crippen molar-refractivity contribution in [3.8, 4) is 0 Å². The molecule has 0 saturated heterocycles. The van der Waals surface area contributed by atoms with Crippen LogP contribution in [0.4, 0.5) is 5.69 Å². The Morgan fingerprint density at radius 2 is 2.41 bits per heavy atom. The van der Waals surface area contributed by atoms with Crippen LogP contribution in [-0.2, 0) is 7.05 Å². The van der Waals surface area contributed by atoms with Crippen LogP contribution in [0.2, 0.25) is 0 Å². The molecular weight excluding hydrogens is 236 g/mol. The number of carbonyl (C=O) groups is 1. The fourth-order valence-electron chi connectivity index (χ4n) is 2.34. The third-order valence-corrected chi connectivity index (χ3v) is 4.42. The van der Waals surface area contributed by atoms with Gasteiger partial charge in [0.1, 0.15) is 5.69 Å². The Kier molecular flexibility index (Phi) is 3.61. The van der Waals surface area contributed by atoms with Crippen molar-refractivity contribution in [2.24, 2.45) is 7.05 Å². The molecule has 2 unspecified atom stereocenters. The fourth-order valence-corrected chi connectivity index (χ4v) is 3.28. The molecule has 1 saturated carbocycles. The van der Waals surface area contributed by atoms with Gasteiger partial charge in [-0.3, -0.25) is 9.48 Å². The van der Waals surface area contributed by atoms with E-state index >= 15 is 0 Å². The minimum Gasteiger partial charge on any atom is -0.396 e. The summed E-state index contributed by atoms with van der Waals surface area (Å²) >= 11 is 1.82. The summed E-state index contributed by atoms with van der Waals surface area (Å²) in [6.45, 7) is 0. The number of hydrogen-bond donors (Lipinski definition) is 2. The number of rotatable bonds is 3. The summed E-state index contributed by atoms with van der Waals surface area (Å²) in [7, 11) is 1.73. The van der Waals surface area contributed by atoms with E-state index in [0.717, 1.165) is 6.42 Å². The van der Waals surface area contributed by atoms with E-state index in [2.05, 4.69) is 16.7 Å². The maximum atomic E-state index is 12.1. The van der Waals surface area contributed by atoms with E-state index in [1.54, 1.807) is 7.05 Å². The van der Waals surface area contributed by atoms with Crippen LogP contribution in [-0.4, -0.2) is 33.2 Å². The van der Waals surface area contributed by atoms with E-state index in [4.69, 9.17) is 5.73 Å². The first-order valence-electron chi connectivity index (χ1n) is 5.74.